The van der Waals surface area contributed by atoms with E-state index in [2.05, 4.69) is 20.0 Å². The van der Waals surface area contributed by atoms with Gasteiger partial charge < -0.3 is 23.6 Å². The molecule has 1 aliphatic rings. The molecular formula is C19H22N6O3. The maximum absolute atomic E-state index is 12.7. The van der Waals surface area contributed by atoms with Crippen LogP contribution in [-0.2, 0) is 0 Å². The molecule has 0 bridgehead atoms. The molecule has 0 atom stereocenters. The second kappa shape index (κ2) is 7.34. The number of aromatic nitrogens is 3. The third-order valence-corrected chi connectivity index (χ3v) is 4.65. The Bertz CT molecular complexity index is 958. The highest BCUT2D eigenvalue weighted by atomic mass is 16.5. The number of amides is 1. The van der Waals surface area contributed by atoms with E-state index >= 15 is 0 Å². The van der Waals surface area contributed by atoms with E-state index in [1.807, 2.05) is 32.0 Å². The lowest BCUT2D eigenvalue weighted by molar-refractivity contribution is 0.0736. The molecule has 1 saturated heterocycles. The van der Waals surface area contributed by atoms with Crippen molar-refractivity contribution in [1.29, 1.82) is 0 Å². The number of nitrogens with zero attached hydrogens (tertiary/aromatic N) is 6. The van der Waals surface area contributed by atoms with Gasteiger partial charge in [0.2, 0.25) is 5.76 Å². The van der Waals surface area contributed by atoms with Gasteiger partial charge in [-0.25, -0.2) is 9.97 Å². The fourth-order valence-electron chi connectivity index (χ4n) is 3.14. The highest BCUT2D eigenvalue weighted by molar-refractivity contribution is 5.93. The van der Waals surface area contributed by atoms with Crippen LogP contribution in [0.25, 0.3) is 11.5 Å². The lowest BCUT2D eigenvalue weighted by Crippen LogP contribution is -2.49. The molecule has 0 N–H and O–H groups in total. The molecule has 4 heterocycles. The first-order chi connectivity index (χ1) is 13.5. The average Bonchev–Trinajstić information content (AvgIpc) is 3.38. The first-order valence-corrected chi connectivity index (χ1v) is 9.09. The highest BCUT2D eigenvalue weighted by Crippen LogP contribution is 2.23. The molecule has 28 heavy (non-hydrogen) atoms. The summed E-state index contributed by atoms with van der Waals surface area (Å²) in [6.45, 7) is 4.44. The number of piperazine rings is 1. The van der Waals surface area contributed by atoms with Crippen LogP contribution in [-0.4, -0.2) is 66.2 Å². The zero-order valence-corrected chi connectivity index (χ0v) is 16.1. The molecule has 4 rings (SSSR count). The summed E-state index contributed by atoms with van der Waals surface area (Å²) < 4.78 is 10.5. The van der Waals surface area contributed by atoms with Gasteiger partial charge in [0.05, 0.1) is 6.26 Å². The quantitative estimate of drug-likeness (QED) is 0.677. The van der Waals surface area contributed by atoms with Gasteiger partial charge in [-0.3, -0.25) is 4.79 Å². The SMILES string of the molecule is Cc1nc(N(C)C)cc(N2CCN(C(=O)c3cc(-c4ccco4)on3)CC2)n1. The fourth-order valence-corrected chi connectivity index (χ4v) is 3.14. The maximum Gasteiger partial charge on any atom is 0.276 e. The minimum absolute atomic E-state index is 0.144. The summed E-state index contributed by atoms with van der Waals surface area (Å²) >= 11 is 0. The zero-order chi connectivity index (χ0) is 19.7. The lowest BCUT2D eigenvalue weighted by atomic mass is 10.2. The molecule has 1 aliphatic heterocycles. The predicted octanol–water partition coefficient (Wildman–Crippen LogP) is 2.06. The Kier molecular flexibility index (Phi) is 4.72. The molecule has 9 nitrogen and oxygen atoms in total. The molecule has 1 fully saturated rings. The van der Waals surface area contributed by atoms with Crippen molar-refractivity contribution >= 4 is 17.5 Å². The molecule has 0 radical (unpaired) electrons. The second-order valence-corrected chi connectivity index (χ2v) is 6.86. The minimum atomic E-state index is -0.144. The van der Waals surface area contributed by atoms with Crippen LogP contribution < -0.4 is 9.80 Å². The van der Waals surface area contributed by atoms with E-state index in [1.54, 1.807) is 29.4 Å². The van der Waals surface area contributed by atoms with Crippen LogP contribution in [0.1, 0.15) is 16.3 Å². The Morgan fingerprint density at radius 3 is 2.57 bits per heavy atom. The van der Waals surface area contributed by atoms with Crippen molar-refractivity contribution in [2.24, 2.45) is 0 Å². The van der Waals surface area contributed by atoms with E-state index in [1.165, 1.54) is 0 Å². The first-order valence-electron chi connectivity index (χ1n) is 9.09. The van der Waals surface area contributed by atoms with Crippen LogP contribution >= 0.6 is 0 Å². The van der Waals surface area contributed by atoms with Gasteiger partial charge in [-0.1, -0.05) is 5.16 Å². The summed E-state index contributed by atoms with van der Waals surface area (Å²) in [6.07, 6.45) is 1.55. The number of carbonyl (C=O) groups is 1. The van der Waals surface area contributed by atoms with E-state index in [9.17, 15) is 4.79 Å². The molecule has 0 unspecified atom stereocenters. The number of hydrogen-bond donors (Lipinski definition) is 0. The van der Waals surface area contributed by atoms with Gasteiger partial charge >= 0.3 is 0 Å². The largest absolute Gasteiger partial charge is 0.461 e. The molecule has 3 aromatic rings. The third-order valence-electron chi connectivity index (χ3n) is 4.65. The van der Waals surface area contributed by atoms with Crippen molar-refractivity contribution in [2.75, 3.05) is 50.1 Å². The lowest BCUT2D eigenvalue weighted by Gasteiger charge is -2.35. The molecule has 1 amide bonds. The number of carbonyl (C=O) groups excluding carboxylic acids is 1. The Labute approximate surface area is 162 Å². The van der Waals surface area contributed by atoms with Crippen molar-refractivity contribution in [3.63, 3.8) is 0 Å². The van der Waals surface area contributed by atoms with Gasteiger partial charge in [-0.05, 0) is 19.1 Å². The molecule has 0 aliphatic carbocycles. The van der Waals surface area contributed by atoms with Crippen molar-refractivity contribution in [3.05, 3.63) is 42.0 Å². The number of hydrogen-bond acceptors (Lipinski definition) is 8. The number of furan rings is 1. The normalized spacial score (nSPS) is 14.4. The summed E-state index contributed by atoms with van der Waals surface area (Å²) in [5.41, 5.74) is 0.285. The Morgan fingerprint density at radius 1 is 1.11 bits per heavy atom. The minimum Gasteiger partial charge on any atom is -0.461 e. The summed E-state index contributed by atoms with van der Waals surface area (Å²) in [5.74, 6) is 3.33. The Hall–Kier alpha value is -3.36. The Balaban J connectivity index is 1.42. The molecular weight excluding hydrogens is 360 g/mol. The fraction of sp³-hybridized carbons (Fsp3) is 0.368. The van der Waals surface area contributed by atoms with Crippen molar-refractivity contribution in [1.82, 2.24) is 20.0 Å². The van der Waals surface area contributed by atoms with E-state index in [4.69, 9.17) is 8.94 Å². The first kappa shape index (κ1) is 18.0. The molecule has 9 heteroatoms. The van der Waals surface area contributed by atoms with E-state index in [0.29, 0.717) is 37.7 Å². The van der Waals surface area contributed by atoms with E-state index in [-0.39, 0.29) is 11.6 Å². The van der Waals surface area contributed by atoms with Crippen LogP contribution in [0.2, 0.25) is 0 Å². The van der Waals surface area contributed by atoms with Crippen LogP contribution in [0.4, 0.5) is 11.6 Å². The van der Waals surface area contributed by atoms with Crippen molar-refractivity contribution in [2.45, 2.75) is 6.92 Å². The van der Waals surface area contributed by atoms with Crippen molar-refractivity contribution < 1.29 is 13.7 Å². The highest BCUT2D eigenvalue weighted by Gasteiger charge is 2.26. The van der Waals surface area contributed by atoms with Crippen LogP contribution in [0.15, 0.2) is 39.5 Å². The van der Waals surface area contributed by atoms with Gasteiger partial charge in [0, 0.05) is 52.4 Å². The Morgan fingerprint density at radius 2 is 1.89 bits per heavy atom. The number of aryl methyl sites for hydroxylation is 1. The van der Waals surface area contributed by atoms with Crippen LogP contribution in [0, 0.1) is 6.92 Å². The summed E-state index contributed by atoms with van der Waals surface area (Å²) in [4.78, 5) is 27.6. The summed E-state index contributed by atoms with van der Waals surface area (Å²) in [6, 6.07) is 7.11. The molecule has 146 valence electrons. The van der Waals surface area contributed by atoms with Crippen LogP contribution in [0.3, 0.4) is 0 Å². The molecule has 0 aromatic carbocycles. The van der Waals surface area contributed by atoms with E-state index < -0.39 is 0 Å². The van der Waals surface area contributed by atoms with Crippen molar-refractivity contribution in [3.8, 4) is 11.5 Å². The van der Waals surface area contributed by atoms with Crippen LogP contribution in [0.5, 0.6) is 0 Å². The monoisotopic (exact) mass is 382 g/mol. The van der Waals surface area contributed by atoms with Gasteiger partial charge in [0.25, 0.3) is 5.91 Å². The van der Waals surface area contributed by atoms with Gasteiger partial charge in [-0.15, -0.1) is 0 Å². The number of rotatable bonds is 4. The smallest absolute Gasteiger partial charge is 0.276 e. The topological polar surface area (TPSA) is 91.7 Å². The molecule has 0 saturated carbocycles. The van der Waals surface area contributed by atoms with Gasteiger partial charge in [0.15, 0.2) is 11.5 Å². The molecule has 0 spiro atoms. The number of anilines is 2. The third kappa shape index (κ3) is 3.55. The standard InChI is InChI=1S/C19H22N6O3/c1-13-20-17(23(2)3)12-18(21-13)24-6-8-25(9-7-24)19(26)14-11-16(28-22-14)15-5-4-10-27-15/h4-5,10-12H,6-9H2,1-3H3. The summed E-state index contributed by atoms with van der Waals surface area (Å²) in [7, 11) is 3.91. The van der Waals surface area contributed by atoms with E-state index in [0.717, 1.165) is 17.5 Å². The maximum atomic E-state index is 12.7. The average molecular weight is 382 g/mol. The summed E-state index contributed by atoms with van der Waals surface area (Å²) in [5, 5.41) is 3.90. The predicted molar refractivity (Wildman–Crippen MR) is 103 cm³/mol. The second-order valence-electron chi connectivity index (χ2n) is 6.86. The van der Waals surface area contributed by atoms with Gasteiger partial charge in [-0.2, -0.15) is 0 Å². The zero-order valence-electron chi connectivity index (χ0n) is 16.1. The van der Waals surface area contributed by atoms with Gasteiger partial charge in [0.1, 0.15) is 17.5 Å². The molecule has 3 aromatic heterocycles.